The smallest absolute Gasteiger partial charge is 0.307 e. The number of nitrogens with zero attached hydrogens (tertiary/aromatic N) is 2. The van der Waals surface area contributed by atoms with Gasteiger partial charge >= 0.3 is 5.97 Å². The molecule has 1 rings (SSSR count). The largest absolute Gasteiger partial charge is 0.481 e. The lowest BCUT2D eigenvalue weighted by Gasteiger charge is -2.33. The number of carboxylic acid groups (broad SMARTS) is 1. The molecule has 0 aromatic heterocycles. The predicted molar refractivity (Wildman–Crippen MR) is 50.9 cm³/mol. The van der Waals surface area contributed by atoms with Gasteiger partial charge in [0.05, 0.1) is 5.92 Å². The number of amides is 1. The van der Waals surface area contributed by atoms with E-state index in [1.807, 2.05) is 0 Å². The van der Waals surface area contributed by atoms with E-state index >= 15 is 0 Å². The Bertz CT molecular complexity index is 212. The average Bonchev–Trinajstić information content (AvgIpc) is 2.19. The lowest BCUT2D eigenvalue weighted by Crippen LogP contribution is -2.47. The number of carbonyl (C=O) groups is 2. The second kappa shape index (κ2) is 4.95. The average molecular weight is 200 g/mol. The first-order chi connectivity index (χ1) is 6.63. The SMILES string of the molecule is CC(CN1CCN(C=O)CC1)C(=O)O. The fourth-order valence-electron chi connectivity index (χ4n) is 1.52. The first kappa shape index (κ1) is 11.0. The predicted octanol–water partition coefficient (Wildman–Crippen LogP) is -0.519. The van der Waals surface area contributed by atoms with Crippen LogP contribution >= 0.6 is 0 Å². The van der Waals surface area contributed by atoms with Crippen molar-refractivity contribution >= 4 is 12.4 Å². The summed E-state index contributed by atoms with van der Waals surface area (Å²) in [6, 6.07) is 0. The molecule has 1 saturated heterocycles. The minimum atomic E-state index is -0.761. The zero-order chi connectivity index (χ0) is 10.6. The van der Waals surface area contributed by atoms with Crippen LogP contribution in [0.1, 0.15) is 6.92 Å². The van der Waals surface area contributed by atoms with Crippen molar-refractivity contribution in [1.29, 1.82) is 0 Å². The number of carboxylic acids is 1. The van der Waals surface area contributed by atoms with Gasteiger partial charge in [-0.05, 0) is 0 Å². The number of piperazine rings is 1. The number of carbonyl (C=O) groups excluding carboxylic acids is 1. The van der Waals surface area contributed by atoms with E-state index in [9.17, 15) is 9.59 Å². The second-order valence-electron chi connectivity index (χ2n) is 3.68. The molecule has 14 heavy (non-hydrogen) atoms. The number of hydrogen-bond donors (Lipinski definition) is 1. The summed E-state index contributed by atoms with van der Waals surface area (Å²) in [5.41, 5.74) is 0. The van der Waals surface area contributed by atoms with Crippen LogP contribution in [-0.2, 0) is 9.59 Å². The van der Waals surface area contributed by atoms with Gasteiger partial charge in [0, 0.05) is 32.7 Å². The molecular weight excluding hydrogens is 184 g/mol. The summed E-state index contributed by atoms with van der Waals surface area (Å²) in [5.74, 6) is -1.10. The molecule has 0 aromatic rings. The summed E-state index contributed by atoms with van der Waals surface area (Å²) in [6.07, 6.45) is 0.845. The van der Waals surface area contributed by atoms with Gasteiger partial charge in [-0.2, -0.15) is 0 Å². The van der Waals surface area contributed by atoms with Crippen molar-refractivity contribution in [1.82, 2.24) is 9.80 Å². The van der Waals surface area contributed by atoms with Gasteiger partial charge in [-0.3, -0.25) is 14.5 Å². The fraction of sp³-hybridized carbons (Fsp3) is 0.778. The van der Waals surface area contributed by atoms with Gasteiger partial charge in [-0.15, -0.1) is 0 Å². The van der Waals surface area contributed by atoms with Crippen LogP contribution in [0.2, 0.25) is 0 Å². The van der Waals surface area contributed by atoms with Gasteiger partial charge in [-0.25, -0.2) is 0 Å². The highest BCUT2D eigenvalue weighted by atomic mass is 16.4. The Morgan fingerprint density at radius 1 is 1.43 bits per heavy atom. The molecule has 1 amide bonds. The summed E-state index contributed by atoms with van der Waals surface area (Å²) in [6.45, 7) is 5.23. The summed E-state index contributed by atoms with van der Waals surface area (Å²) in [4.78, 5) is 24.8. The Morgan fingerprint density at radius 3 is 2.43 bits per heavy atom. The molecule has 1 aliphatic rings. The van der Waals surface area contributed by atoms with Crippen molar-refractivity contribution < 1.29 is 14.7 Å². The molecule has 0 radical (unpaired) electrons. The van der Waals surface area contributed by atoms with E-state index in [4.69, 9.17) is 5.11 Å². The highest BCUT2D eigenvalue weighted by molar-refractivity contribution is 5.69. The van der Waals surface area contributed by atoms with Crippen LogP contribution in [0.4, 0.5) is 0 Å². The zero-order valence-electron chi connectivity index (χ0n) is 8.35. The van der Waals surface area contributed by atoms with Crippen molar-refractivity contribution in [3.8, 4) is 0 Å². The molecule has 0 aliphatic carbocycles. The van der Waals surface area contributed by atoms with Crippen LogP contribution in [0.3, 0.4) is 0 Å². The van der Waals surface area contributed by atoms with E-state index in [2.05, 4.69) is 4.90 Å². The maximum absolute atomic E-state index is 10.6. The van der Waals surface area contributed by atoms with Crippen LogP contribution in [0.15, 0.2) is 0 Å². The van der Waals surface area contributed by atoms with Crippen molar-refractivity contribution in [3.63, 3.8) is 0 Å². The lowest BCUT2D eigenvalue weighted by molar-refractivity contribution is -0.142. The van der Waals surface area contributed by atoms with Crippen LogP contribution in [0.25, 0.3) is 0 Å². The van der Waals surface area contributed by atoms with E-state index in [1.54, 1.807) is 11.8 Å². The van der Waals surface area contributed by atoms with E-state index in [-0.39, 0.29) is 5.92 Å². The number of hydrogen-bond acceptors (Lipinski definition) is 3. The topological polar surface area (TPSA) is 60.9 Å². The summed E-state index contributed by atoms with van der Waals surface area (Å²) in [7, 11) is 0. The molecule has 5 heteroatoms. The van der Waals surface area contributed by atoms with E-state index in [0.717, 1.165) is 19.5 Å². The molecule has 1 atom stereocenters. The Balaban J connectivity index is 2.28. The molecule has 5 nitrogen and oxygen atoms in total. The first-order valence-electron chi connectivity index (χ1n) is 4.78. The molecule has 0 bridgehead atoms. The normalized spacial score (nSPS) is 20.5. The Labute approximate surface area is 83.3 Å². The molecule has 80 valence electrons. The van der Waals surface area contributed by atoms with Crippen molar-refractivity contribution in [2.45, 2.75) is 6.92 Å². The summed E-state index contributed by atoms with van der Waals surface area (Å²) in [5, 5.41) is 8.72. The molecule has 1 unspecified atom stereocenters. The van der Waals surface area contributed by atoms with Crippen LogP contribution in [0, 0.1) is 5.92 Å². The number of aliphatic carboxylic acids is 1. The van der Waals surface area contributed by atoms with Crippen molar-refractivity contribution in [2.75, 3.05) is 32.7 Å². The molecular formula is C9H16N2O3. The van der Waals surface area contributed by atoms with Crippen LogP contribution in [0.5, 0.6) is 0 Å². The standard InChI is InChI=1S/C9H16N2O3/c1-8(9(13)14)6-10-2-4-11(7-12)5-3-10/h7-8H,2-6H2,1H3,(H,13,14). The van der Waals surface area contributed by atoms with E-state index in [1.165, 1.54) is 0 Å². The van der Waals surface area contributed by atoms with Gasteiger partial charge in [-0.1, -0.05) is 6.92 Å². The highest BCUT2D eigenvalue weighted by Gasteiger charge is 2.20. The molecule has 0 aromatic carbocycles. The highest BCUT2D eigenvalue weighted by Crippen LogP contribution is 2.04. The fourth-order valence-corrected chi connectivity index (χ4v) is 1.52. The Hall–Kier alpha value is -1.10. The Morgan fingerprint density at radius 2 is 2.00 bits per heavy atom. The van der Waals surface area contributed by atoms with Crippen molar-refractivity contribution in [3.05, 3.63) is 0 Å². The third kappa shape index (κ3) is 2.99. The summed E-state index contributed by atoms with van der Waals surface area (Å²) >= 11 is 0. The number of rotatable bonds is 4. The lowest BCUT2D eigenvalue weighted by atomic mass is 10.1. The van der Waals surface area contributed by atoms with Gasteiger partial charge in [0.25, 0.3) is 0 Å². The molecule has 1 heterocycles. The maximum atomic E-state index is 10.6. The maximum Gasteiger partial charge on any atom is 0.307 e. The first-order valence-corrected chi connectivity index (χ1v) is 4.78. The summed E-state index contributed by atoms with van der Waals surface area (Å²) < 4.78 is 0. The van der Waals surface area contributed by atoms with Crippen LogP contribution in [-0.4, -0.2) is 60.0 Å². The molecule has 1 aliphatic heterocycles. The van der Waals surface area contributed by atoms with Crippen LogP contribution < -0.4 is 0 Å². The quantitative estimate of drug-likeness (QED) is 0.620. The zero-order valence-corrected chi connectivity index (χ0v) is 8.35. The second-order valence-corrected chi connectivity index (χ2v) is 3.68. The van der Waals surface area contributed by atoms with Gasteiger partial charge < -0.3 is 10.0 Å². The molecule has 0 spiro atoms. The minimum Gasteiger partial charge on any atom is -0.481 e. The van der Waals surface area contributed by atoms with Gasteiger partial charge in [0.2, 0.25) is 6.41 Å². The third-order valence-electron chi connectivity index (χ3n) is 2.51. The third-order valence-corrected chi connectivity index (χ3v) is 2.51. The minimum absolute atomic E-state index is 0.335. The monoisotopic (exact) mass is 200 g/mol. The molecule has 1 fully saturated rings. The molecule has 1 N–H and O–H groups in total. The Kier molecular flexibility index (Phi) is 3.88. The van der Waals surface area contributed by atoms with Gasteiger partial charge in [0.1, 0.15) is 0 Å². The molecule has 0 saturated carbocycles. The van der Waals surface area contributed by atoms with E-state index in [0.29, 0.717) is 19.6 Å². The van der Waals surface area contributed by atoms with Gasteiger partial charge in [0.15, 0.2) is 0 Å². The van der Waals surface area contributed by atoms with E-state index < -0.39 is 5.97 Å². The van der Waals surface area contributed by atoms with Crippen molar-refractivity contribution in [2.24, 2.45) is 5.92 Å².